The van der Waals surface area contributed by atoms with E-state index in [1.54, 1.807) is 43.3 Å². The summed E-state index contributed by atoms with van der Waals surface area (Å²) in [6.45, 7) is 5.18. The standard InChI is InChI=1S/C19H23N3O3S.ClH/c1-13-7-8-14(2)18(11-13)26(24,25)22-17-6-4-3-5-16(17)19(23)21-15-9-10-20-12-15;/h3-8,11,15,20,22H,9-10,12H2,1-2H3,(H,21,23);1H. The predicted octanol–water partition coefficient (Wildman–Crippen LogP) is 2.62. The largest absolute Gasteiger partial charge is 0.348 e. The highest BCUT2D eigenvalue weighted by atomic mass is 35.5. The van der Waals surface area contributed by atoms with Crippen LogP contribution in [-0.4, -0.2) is 33.5 Å². The van der Waals surface area contributed by atoms with Crippen LogP contribution in [0.5, 0.6) is 0 Å². The quantitative estimate of drug-likeness (QED) is 0.708. The van der Waals surface area contributed by atoms with Crippen molar-refractivity contribution in [3.63, 3.8) is 0 Å². The van der Waals surface area contributed by atoms with Crippen molar-refractivity contribution in [3.8, 4) is 0 Å². The average molecular weight is 410 g/mol. The molecule has 0 radical (unpaired) electrons. The molecule has 0 aromatic heterocycles. The molecule has 0 aliphatic carbocycles. The summed E-state index contributed by atoms with van der Waals surface area (Å²) in [7, 11) is -3.79. The van der Waals surface area contributed by atoms with Crippen molar-refractivity contribution >= 4 is 34.0 Å². The number of aryl methyl sites for hydroxylation is 2. The van der Waals surface area contributed by atoms with E-state index in [1.165, 1.54) is 0 Å². The molecule has 1 amide bonds. The number of carbonyl (C=O) groups excluding carboxylic acids is 1. The maximum Gasteiger partial charge on any atom is 0.262 e. The zero-order valence-corrected chi connectivity index (χ0v) is 16.9. The molecule has 3 rings (SSSR count). The van der Waals surface area contributed by atoms with E-state index in [9.17, 15) is 13.2 Å². The van der Waals surface area contributed by atoms with E-state index in [1.807, 2.05) is 13.0 Å². The summed E-state index contributed by atoms with van der Waals surface area (Å²) >= 11 is 0. The van der Waals surface area contributed by atoms with Gasteiger partial charge in [-0.3, -0.25) is 9.52 Å². The number of amides is 1. The summed E-state index contributed by atoms with van der Waals surface area (Å²) in [5, 5.41) is 6.13. The van der Waals surface area contributed by atoms with Crippen molar-refractivity contribution in [3.05, 3.63) is 59.2 Å². The number of halogens is 1. The lowest BCUT2D eigenvalue weighted by atomic mass is 10.1. The van der Waals surface area contributed by atoms with Crippen LogP contribution in [0.25, 0.3) is 0 Å². The Morgan fingerprint density at radius 2 is 1.89 bits per heavy atom. The second-order valence-corrected chi connectivity index (χ2v) is 8.23. The Morgan fingerprint density at radius 1 is 1.15 bits per heavy atom. The maximum absolute atomic E-state index is 12.8. The van der Waals surface area contributed by atoms with Crippen LogP contribution in [0, 0.1) is 13.8 Å². The number of sulfonamides is 1. The van der Waals surface area contributed by atoms with Gasteiger partial charge >= 0.3 is 0 Å². The zero-order valence-electron chi connectivity index (χ0n) is 15.3. The molecule has 1 aliphatic heterocycles. The van der Waals surface area contributed by atoms with Crippen molar-refractivity contribution in [2.75, 3.05) is 17.8 Å². The Labute approximate surface area is 166 Å². The molecule has 0 saturated carbocycles. The van der Waals surface area contributed by atoms with E-state index in [2.05, 4.69) is 15.4 Å². The smallest absolute Gasteiger partial charge is 0.262 e. The van der Waals surface area contributed by atoms with Crippen LogP contribution in [0.1, 0.15) is 27.9 Å². The SMILES string of the molecule is Cc1ccc(C)c(S(=O)(=O)Nc2ccccc2C(=O)NC2CCNC2)c1.Cl. The van der Waals surface area contributed by atoms with Crippen molar-refractivity contribution in [2.45, 2.75) is 31.2 Å². The Bertz CT molecular complexity index is 926. The third kappa shape index (κ3) is 5.00. The number of hydrogen-bond acceptors (Lipinski definition) is 4. The lowest BCUT2D eigenvalue weighted by Gasteiger charge is -2.16. The molecule has 0 spiro atoms. The lowest BCUT2D eigenvalue weighted by Crippen LogP contribution is -2.36. The van der Waals surface area contributed by atoms with Gasteiger partial charge in [-0.05, 0) is 56.1 Å². The molecule has 0 bridgehead atoms. The van der Waals surface area contributed by atoms with Gasteiger partial charge < -0.3 is 10.6 Å². The van der Waals surface area contributed by atoms with E-state index in [-0.39, 0.29) is 34.9 Å². The molecule has 2 aromatic rings. The van der Waals surface area contributed by atoms with E-state index >= 15 is 0 Å². The molecule has 1 unspecified atom stereocenters. The van der Waals surface area contributed by atoms with Gasteiger partial charge in [0, 0.05) is 12.6 Å². The van der Waals surface area contributed by atoms with Crippen LogP contribution in [-0.2, 0) is 10.0 Å². The number of benzene rings is 2. The van der Waals surface area contributed by atoms with Crippen molar-refractivity contribution < 1.29 is 13.2 Å². The second-order valence-electron chi connectivity index (χ2n) is 6.58. The molecule has 27 heavy (non-hydrogen) atoms. The fraction of sp³-hybridized carbons (Fsp3) is 0.316. The van der Waals surface area contributed by atoms with E-state index < -0.39 is 10.0 Å². The topological polar surface area (TPSA) is 87.3 Å². The number of hydrogen-bond donors (Lipinski definition) is 3. The molecule has 6 nitrogen and oxygen atoms in total. The van der Waals surface area contributed by atoms with Crippen LogP contribution < -0.4 is 15.4 Å². The summed E-state index contributed by atoms with van der Waals surface area (Å²) < 4.78 is 28.3. The van der Waals surface area contributed by atoms with Crippen LogP contribution in [0.4, 0.5) is 5.69 Å². The molecule has 1 fully saturated rings. The highest BCUT2D eigenvalue weighted by Gasteiger charge is 2.22. The van der Waals surface area contributed by atoms with Gasteiger partial charge in [-0.1, -0.05) is 24.3 Å². The van der Waals surface area contributed by atoms with Gasteiger partial charge in [-0.15, -0.1) is 12.4 Å². The Balaban J connectivity index is 0.00000261. The van der Waals surface area contributed by atoms with E-state index in [0.29, 0.717) is 11.1 Å². The maximum atomic E-state index is 12.8. The van der Waals surface area contributed by atoms with Gasteiger partial charge in [-0.2, -0.15) is 0 Å². The molecule has 8 heteroatoms. The fourth-order valence-corrected chi connectivity index (χ4v) is 4.42. The molecule has 2 aromatic carbocycles. The molecule has 146 valence electrons. The Morgan fingerprint density at radius 3 is 2.59 bits per heavy atom. The molecular formula is C19H24ClN3O3S. The Hall–Kier alpha value is -2.09. The van der Waals surface area contributed by atoms with E-state index in [4.69, 9.17) is 0 Å². The predicted molar refractivity (Wildman–Crippen MR) is 109 cm³/mol. The van der Waals surface area contributed by atoms with E-state index in [0.717, 1.165) is 25.1 Å². The van der Waals surface area contributed by atoms with Crippen molar-refractivity contribution in [1.29, 1.82) is 0 Å². The van der Waals surface area contributed by atoms with Gasteiger partial charge in [-0.25, -0.2) is 8.42 Å². The summed E-state index contributed by atoms with van der Waals surface area (Å²) in [6.07, 6.45) is 0.863. The van der Waals surface area contributed by atoms with Gasteiger partial charge in [0.1, 0.15) is 0 Å². The summed E-state index contributed by atoms with van der Waals surface area (Å²) in [5.41, 5.74) is 2.10. The van der Waals surface area contributed by atoms with Gasteiger partial charge in [0.25, 0.3) is 15.9 Å². The minimum atomic E-state index is -3.79. The normalized spacial score (nSPS) is 16.4. The first-order chi connectivity index (χ1) is 12.4. The molecule has 1 heterocycles. The lowest BCUT2D eigenvalue weighted by molar-refractivity contribution is 0.0941. The summed E-state index contributed by atoms with van der Waals surface area (Å²) in [6, 6.07) is 12.0. The van der Waals surface area contributed by atoms with Crippen LogP contribution in [0.2, 0.25) is 0 Å². The minimum absolute atomic E-state index is 0. The van der Waals surface area contributed by atoms with Gasteiger partial charge in [0.15, 0.2) is 0 Å². The second kappa shape index (κ2) is 8.73. The molecule has 1 aliphatic rings. The monoisotopic (exact) mass is 409 g/mol. The summed E-state index contributed by atoms with van der Waals surface area (Å²) in [4.78, 5) is 12.8. The average Bonchev–Trinajstić information content (AvgIpc) is 3.10. The first-order valence-corrected chi connectivity index (χ1v) is 10.1. The first-order valence-electron chi connectivity index (χ1n) is 8.57. The van der Waals surface area contributed by atoms with Crippen molar-refractivity contribution in [1.82, 2.24) is 10.6 Å². The number of para-hydroxylation sites is 1. The number of nitrogens with one attached hydrogen (secondary N) is 3. The molecule has 3 N–H and O–H groups in total. The molecule has 1 saturated heterocycles. The molecular weight excluding hydrogens is 386 g/mol. The number of carbonyl (C=O) groups is 1. The first kappa shape index (κ1) is 21.2. The molecule has 1 atom stereocenters. The number of rotatable bonds is 5. The third-order valence-electron chi connectivity index (χ3n) is 4.44. The minimum Gasteiger partial charge on any atom is -0.348 e. The fourth-order valence-electron chi connectivity index (χ4n) is 3.01. The van der Waals surface area contributed by atoms with Gasteiger partial charge in [0.2, 0.25) is 0 Å². The van der Waals surface area contributed by atoms with Crippen LogP contribution in [0.15, 0.2) is 47.4 Å². The summed E-state index contributed by atoms with van der Waals surface area (Å²) in [5.74, 6) is -0.280. The van der Waals surface area contributed by atoms with Crippen LogP contribution >= 0.6 is 12.4 Å². The highest BCUT2D eigenvalue weighted by Crippen LogP contribution is 2.23. The number of anilines is 1. The third-order valence-corrected chi connectivity index (χ3v) is 5.95. The van der Waals surface area contributed by atoms with Crippen molar-refractivity contribution in [2.24, 2.45) is 0 Å². The Kier molecular flexibility index (Phi) is 6.86. The highest BCUT2D eigenvalue weighted by molar-refractivity contribution is 7.92. The van der Waals surface area contributed by atoms with Gasteiger partial charge in [0.05, 0.1) is 16.1 Å². The zero-order chi connectivity index (χ0) is 18.7. The van der Waals surface area contributed by atoms with Crippen LogP contribution in [0.3, 0.4) is 0 Å².